The molecule has 0 aliphatic rings. The van der Waals surface area contributed by atoms with Crippen molar-refractivity contribution in [2.75, 3.05) is 19.0 Å². The summed E-state index contributed by atoms with van der Waals surface area (Å²) in [5.41, 5.74) is 2.08. The highest BCUT2D eigenvalue weighted by Crippen LogP contribution is 2.16. The van der Waals surface area contributed by atoms with Crippen LogP contribution in [-0.4, -0.2) is 30.1 Å². The van der Waals surface area contributed by atoms with E-state index in [9.17, 15) is 4.79 Å². The summed E-state index contributed by atoms with van der Waals surface area (Å²) in [6.07, 6.45) is 1.03. The molecule has 1 aromatic carbocycles. The maximum Gasteiger partial charge on any atom is 0.249 e. The molecule has 1 aromatic heterocycles. The molecule has 0 aliphatic heterocycles. The highest BCUT2D eigenvalue weighted by atomic mass is 16.5. The molecule has 118 valence electrons. The van der Waals surface area contributed by atoms with Crippen LogP contribution in [0, 0.1) is 6.92 Å². The number of anilines is 1. The Bertz CT molecular complexity index is 619. The second kappa shape index (κ2) is 7.06. The van der Waals surface area contributed by atoms with Crippen molar-refractivity contribution in [1.29, 1.82) is 0 Å². The maximum atomic E-state index is 12.2. The molecule has 1 heterocycles. The Morgan fingerprint density at radius 3 is 2.50 bits per heavy atom. The number of nitrogens with one attached hydrogen (secondary N) is 1. The molecule has 1 unspecified atom stereocenters. The van der Waals surface area contributed by atoms with Crippen LogP contribution in [0.3, 0.4) is 0 Å². The molecule has 6 heteroatoms. The zero-order valence-electron chi connectivity index (χ0n) is 13.5. The van der Waals surface area contributed by atoms with E-state index in [2.05, 4.69) is 15.5 Å². The summed E-state index contributed by atoms with van der Waals surface area (Å²) in [6.45, 7) is 3.73. The van der Waals surface area contributed by atoms with Crippen molar-refractivity contribution in [2.24, 2.45) is 0 Å². The molecule has 0 saturated heterocycles. The summed E-state index contributed by atoms with van der Waals surface area (Å²) < 4.78 is 5.13. The molecule has 0 radical (unpaired) electrons. The van der Waals surface area contributed by atoms with Crippen molar-refractivity contribution < 1.29 is 9.32 Å². The van der Waals surface area contributed by atoms with Crippen LogP contribution in [0.15, 0.2) is 28.8 Å². The van der Waals surface area contributed by atoms with Crippen LogP contribution in [-0.2, 0) is 11.2 Å². The average molecular weight is 302 g/mol. The van der Waals surface area contributed by atoms with Crippen LogP contribution in [0.1, 0.15) is 36.7 Å². The van der Waals surface area contributed by atoms with Crippen LogP contribution in [0.25, 0.3) is 0 Å². The van der Waals surface area contributed by atoms with Crippen LogP contribution < -0.4 is 10.2 Å². The fraction of sp³-hybridized carbons (Fsp3) is 0.438. The molecule has 2 aromatic rings. The molecule has 0 spiro atoms. The van der Waals surface area contributed by atoms with E-state index in [0.717, 1.165) is 11.3 Å². The van der Waals surface area contributed by atoms with Gasteiger partial charge < -0.3 is 14.7 Å². The van der Waals surface area contributed by atoms with E-state index in [1.807, 2.05) is 50.2 Å². The second-order valence-electron chi connectivity index (χ2n) is 5.45. The third kappa shape index (κ3) is 4.07. The topological polar surface area (TPSA) is 71.3 Å². The molecule has 0 fully saturated rings. The van der Waals surface area contributed by atoms with E-state index in [1.54, 1.807) is 6.92 Å². The Hall–Kier alpha value is -2.37. The first kappa shape index (κ1) is 16.0. The summed E-state index contributed by atoms with van der Waals surface area (Å²) in [5, 5.41) is 6.70. The number of hydrogen-bond acceptors (Lipinski definition) is 5. The normalized spacial score (nSPS) is 12.0. The smallest absolute Gasteiger partial charge is 0.249 e. The third-order valence-corrected chi connectivity index (χ3v) is 3.40. The first-order valence-corrected chi connectivity index (χ1v) is 7.35. The average Bonchev–Trinajstić information content (AvgIpc) is 2.91. The molecular weight excluding hydrogens is 280 g/mol. The summed E-state index contributed by atoms with van der Waals surface area (Å²) in [6, 6.07) is 7.69. The van der Waals surface area contributed by atoms with Gasteiger partial charge in [0.05, 0.1) is 6.42 Å². The van der Waals surface area contributed by atoms with Crippen molar-refractivity contribution in [3.05, 3.63) is 41.5 Å². The third-order valence-electron chi connectivity index (χ3n) is 3.40. The van der Waals surface area contributed by atoms with E-state index in [-0.39, 0.29) is 11.9 Å². The van der Waals surface area contributed by atoms with Crippen LogP contribution in [0.5, 0.6) is 0 Å². The first-order chi connectivity index (χ1) is 10.5. The molecular formula is C16H22N4O2. The number of carbonyl (C=O) groups excluding carboxylic acids is 1. The highest BCUT2D eigenvalue weighted by molar-refractivity contribution is 5.79. The quantitative estimate of drug-likeness (QED) is 0.886. The van der Waals surface area contributed by atoms with Crippen molar-refractivity contribution in [2.45, 2.75) is 32.7 Å². The van der Waals surface area contributed by atoms with Gasteiger partial charge in [-0.25, -0.2) is 0 Å². The van der Waals surface area contributed by atoms with Crippen molar-refractivity contribution in [3.63, 3.8) is 0 Å². The summed E-state index contributed by atoms with van der Waals surface area (Å²) in [7, 11) is 3.97. The van der Waals surface area contributed by atoms with Gasteiger partial charge >= 0.3 is 0 Å². The van der Waals surface area contributed by atoms with E-state index in [1.165, 1.54) is 0 Å². The van der Waals surface area contributed by atoms with Gasteiger partial charge in [0.2, 0.25) is 11.8 Å². The SMILES string of the molecule is CCC(NC(=O)Cc1ccc(N(C)C)cc1)c1nc(C)no1. The minimum absolute atomic E-state index is 0.0553. The Balaban J connectivity index is 1.96. The lowest BCUT2D eigenvalue weighted by Crippen LogP contribution is -2.29. The standard InChI is InChI=1S/C16H22N4O2/c1-5-14(16-17-11(2)19-22-16)18-15(21)10-12-6-8-13(9-7-12)20(3)4/h6-9,14H,5,10H2,1-4H3,(H,18,21). The highest BCUT2D eigenvalue weighted by Gasteiger charge is 2.18. The van der Waals surface area contributed by atoms with E-state index in [0.29, 0.717) is 24.6 Å². The fourth-order valence-electron chi connectivity index (χ4n) is 2.14. The van der Waals surface area contributed by atoms with Gasteiger partial charge in [0.25, 0.3) is 0 Å². The lowest BCUT2D eigenvalue weighted by Gasteiger charge is -2.14. The molecule has 1 amide bonds. The van der Waals surface area contributed by atoms with Gasteiger partial charge in [0.1, 0.15) is 6.04 Å². The maximum absolute atomic E-state index is 12.2. The molecule has 1 N–H and O–H groups in total. The van der Waals surface area contributed by atoms with Gasteiger partial charge in [-0.3, -0.25) is 4.79 Å². The number of hydrogen-bond donors (Lipinski definition) is 1. The largest absolute Gasteiger partial charge is 0.378 e. The monoisotopic (exact) mass is 302 g/mol. The van der Waals surface area contributed by atoms with Crippen LogP contribution >= 0.6 is 0 Å². The van der Waals surface area contributed by atoms with Gasteiger partial charge in [-0.15, -0.1) is 0 Å². The van der Waals surface area contributed by atoms with Crippen molar-refractivity contribution >= 4 is 11.6 Å². The lowest BCUT2D eigenvalue weighted by atomic mass is 10.1. The predicted octanol–water partition coefficient (Wildman–Crippen LogP) is 2.25. The van der Waals surface area contributed by atoms with Gasteiger partial charge in [-0.1, -0.05) is 24.2 Å². The summed E-state index contributed by atoms with van der Waals surface area (Å²) >= 11 is 0. The number of carbonyl (C=O) groups is 1. The number of benzene rings is 1. The number of amides is 1. The predicted molar refractivity (Wildman–Crippen MR) is 84.7 cm³/mol. The second-order valence-corrected chi connectivity index (χ2v) is 5.45. The number of aryl methyl sites for hydroxylation is 1. The first-order valence-electron chi connectivity index (χ1n) is 7.35. The van der Waals surface area contributed by atoms with Gasteiger partial charge in [0.15, 0.2) is 5.82 Å². The van der Waals surface area contributed by atoms with E-state index >= 15 is 0 Å². The van der Waals surface area contributed by atoms with Gasteiger partial charge in [-0.2, -0.15) is 4.98 Å². The summed E-state index contributed by atoms with van der Waals surface area (Å²) in [4.78, 5) is 18.4. The van der Waals surface area contributed by atoms with Gasteiger partial charge in [-0.05, 0) is 31.0 Å². The van der Waals surface area contributed by atoms with Crippen LogP contribution in [0.2, 0.25) is 0 Å². The Kier molecular flexibility index (Phi) is 5.14. The Labute approximate surface area is 130 Å². The van der Waals surface area contributed by atoms with Crippen LogP contribution in [0.4, 0.5) is 5.69 Å². The minimum atomic E-state index is -0.241. The van der Waals surface area contributed by atoms with Gasteiger partial charge in [0, 0.05) is 19.8 Å². The van der Waals surface area contributed by atoms with Crippen molar-refractivity contribution in [1.82, 2.24) is 15.5 Å². The van der Waals surface area contributed by atoms with Crippen molar-refractivity contribution in [3.8, 4) is 0 Å². The molecule has 0 aliphatic carbocycles. The molecule has 0 saturated carbocycles. The van der Waals surface area contributed by atoms with E-state index in [4.69, 9.17) is 4.52 Å². The number of rotatable bonds is 6. The minimum Gasteiger partial charge on any atom is -0.378 e. The molecule has 0 bridgehead atoms. The lowest BCUT2D eigenvalue weighted by molar-refractivity contribution is -0.121. The molecule has 6 nitrogen and oxygen atoms in total. The van der Waals surface area contributed by atoms with E-state index < -0.39 is 0 Å². The number of nitrogens with zero attached hydrogens (tertiary/aromatic N) is 3. The Morgan fingerprint density at radius 1 is 1.32 bits per heavy atom. The molecule has 1 atom stereocenters. The zero-order valence-corrected chi connectivity index (χ0v) is 13.5. The Morgan fingerprint density at radius 2 is 2.00 bits per heavy atom. The fourth-order valence-corrected chi connectivity index (χ4v) is 2.14. The number of aromatic nitrogens is 2. The molecule has 2 rings (SSSR count). The summed E-state index contributed by atoms with van der Waals surface area (Å²) in [5.74, 6) is 0.971. The molecule has 22 heavy (non-hydrogen) atoms. The zero-order chi connectivity index (χ0) is 16.1.